The number of aliphatic hydroxyl groups is 1. The van der Waals surface area contributed by atoms with Crippen LogP contribution in [0.5, 0.6) is 0 Å². The number of carboxylic acids is 1. The molecular formula is C29H45NO5. The van der Waals surface area contributed by atoms with E-state index in [1.165, 1.54) is 11.1 Å². The van der Waals surface area contributed by atoms with Crippen molar-refractivity contribution in [2.24, 2.45) is 23.7 Å². The molecular weight excluding hydrogens is 442 g/mol. The molecule has 1 saturated carbocycles. The van der Waals surface area contributed by atoms with Crippen molar-refractivity contribution in [3.8, 4) is 0 Å². The fourth-order valence-corrected chi connectivity index (χ4v) is 5.53. The van der Waals surface area contributed by atoms with E-state index in [0.29, 0.717) is 30.1 Å². The van der Waals surface area contributed by atoms with Crippen LogP contribution in [0.4, 0.5) is 0 Å². The van der Waals surface area contributed by atoms with Crippen LogP contribution in [0.1, 0.15) is 60.3 Å². The zero-order valence-corrected chi connectivity index (χ0v) is 22.2. The van der Waals surface area contributed by atoms with Crippen molar-refractivity contribution < 1.29 is 24.5 Å². The molecule has 3 rings (SSSR count). The summed E-state index contributed by atoms with van der Waals surface area (Å²) in [5.41, 5.74) is 2.64. The van der Waals surface area contributed by atoms with E-state index in [2.05, 4.69) is 70.3 Å². The molecule has 0 aromatic carbocycles. The number of allylic oxidation sites excluding steroid dienone is 4. The van der Waals surface area contributed by atoms with Crippen LogP contribution < -0.4 is 5.32 Å². The third kappa shape index (κ3) is 7.39. The van der Waals surface area contributed by atoms with Crippen molar-refractivity contribution in [1.29, 1.82) is 0 Å². The minimum Gasteiger partial charge on any atom is -0.481 e. The smallest absolute Gasteiger partial charge is 0.305 e. The largest absolute Gasteiger partial charge is 0.481 e. The summed E-state index contributed by atoms with van der Waals surface area (Å²) in [4.78, 5) is 11.1. The predicted octanol–water partition coefficient (Wildman–Crippen LogP) is 4.66. The molecule has 6 nitrogen and oxygen atoms in total. The first-order valence-electron chi connectivity index (χ1n) is 13.2. The number of ether oxygens (including phenoxy) is 2. The average molecular weight is 488 g/mol. The monoisotopic (exact) mass is 487 g/mol. The Morgan fingerprint density at radius 3 is 2.63 bits per heavy atom. The summed E-state index contributed by atoms with van der Waals surface area (Å²) in [5.74, 6) is 0.872. The average Bonchev–Trinajstić information content (AvgIpc) is 3.44. The van der Waals surface area contributed by atoms with Gasteiger partial charge in [-0.05, 0) is 75.0 Å². The number of aliphatic carboxylic acids is 1. The maximum atomic E-state index is 11.1. The van der Waals surface area contributed by atoms with Crippen molar-refractivity contribution in [3.05, 3.63) is 47.6 Å². The van der Waals surface area contributed by atoms with Gasteiger partial charge in [0, 0.05) is 6.04 Å². The number of aliphatic hydroxyl groups excluding tert-OH is 1. The summed E-state index contributed by atoms with van der Waals surface area (Å²) < 4.78 is 12.2. The van der Waals surface area contributed by atoms with Crippen molar-refractivity contribution in [2.75, 3.05) is 7.05 Å². The minimum absolute atomic E-state index is 0.0495. The summed E-state index contributed by atoms with van der Waals surface area (Å²) in [6, 6.07) is -0.175. The van der Waals surface area contributed by atoms with E-state index in [-0.39, 0.29) is 24.7 Å². The number of nitrogens with one attached hydrogen (secondary N) is 1. The molecule has 1 aliphatic carbocycles. The van der Waals surface area contributed by atoms with Gasteiger partial charge in [-0.3, -0.25) is 4.79 Å². The summed E-state index contributed by atoms with van der Waals surface area (Å²) >= 11 is 0. The van der Waals surface area contributed by atoms with Gasteiger partial charge in [0.15, 0.2) is 0 Å². The van der Waals surface area contributed by atoms with Crippen LogP contribution in [0, 0.1) is 23.7 Å². The van der Waals surface area contributed by atoms with Crippen LogP contribution in [-0.4, -0.2) is 59.8 Å². The highest BCUT2D eigenvalue weighted by atomic mass is 16.5. The summed E-state index contributed by atoms with van der Waals surface area (Å²) in [6.07, 6.45) is 14.5. The van der Waals surface area contributed by atoms with E-state index >= 15 is 0 Å². The van der Waals surface area contributed by atoms with E-state index < -0.39 is 24.3 Å². The molecule has 0 bridgehead atoms. The van der Waals surface area contributed by atoms with Crippen LogP contribution >= 0.6 is 0 Å². The molecule has 0 aromatic rings. The molecule has 2 aliphatic heterocycles. The lowest BCUT2D eigenvalue weighted by Gasteiger charge is -2.37. The first kappa shape index (κ1) is 27.9. The van der Waals surface area contributed by atoms with Crippen molar-refractivity contribution >= 4 is 5.97 Å². The lowest BCUT2D eigenvalue weighted by molar-refractivity contribution is -0.148. The molecule has 0 aromatic heterocycles. The predicted molar refractivity (Wildman–Crippen MR) is 139 cm³/mol. The van der Waals surface area contributed by atoms with Crippen molar-refractivity contribution in [1.82, 2.24) is 5.32 Å². The maximum Gasteiger partial charge on any atom is 0.305 e. The molecule has 10 unspecified atom stereocenters. The highest BCUT2D eigenvalue weighted by molar-refractivity contribution is 5.67. The molecule has 0 spiro atoms. The Balaban J connectivity index is 1.54. The molecule has 2 heterocycles. The molecule has 1 saturated heterocycles. The number of hydrogen-bond acceptors (Lipinski definition) is 5. The number of carbonyl (C=O) groups is 1. The molecule has 10 atom stereocenters. The minimum atomic E-state index is -0.879. The van der Waals surface area contributed by atoms with E-state index in [0.717, 1.165) is 12.8 Å². The van der Waals surface area contributed by atoms with Gasteiger partial charge in [-0.15, -0.1) is 0 Å². The zero-order chi connectivity index (χ0) is 25.7. The molecule has 3 aliphatic rings. The van der Waals surface area contributed by atoms with E-state index in [4.69, 9.17) is 14.6 Å². The summed E-state index contributed by atoms with van der Waals surface area (Å²) in [6.45, 7) is 11.0. The summed E-state index contributed by atoms with van der Waals surface area (Å²) in [5, 5.41) is 22.9. The van der Waals surface area contributed by atoms with E-state index in [9.17, 15) is 9.90 Å². The van der Waals surface area contributed by atoms with Crippen molar-refractivity contribution in [2.45, 2.75) is 96.9 Å². The van der Waals surface area contributed by atoms with Crippen LogP contribution in [0.25, 0.3) is 0 Å². The van der Waals surface area contributed by atoms with Gasteiger partial charge in [-0.25, -0.2) is 0 Å². The molecule has 3 N–H and O–H groups in total. The van der Waals surface area contributed by atoms with Gasteiger partial charge < -0.3 is 25.0 Å². The molecule has 196 valence electrons. The molecule has 2 fully saturated rings. The van der Waals surface area contributed by atoms with Crippen LogP contribution in [-0.2, 0) is 14.3 Å². The third-order valence-corrected chi connectivity index (χ3v) is 7.96. The zero-order valence-electron chi connectivity index (χ0n) is 22.2. The highest BCUT2D eigenvalue weighted by Gasteiger charge is 2.43. The topological polar surface area (TPSA) is 88.0 Å². The highest BCUT2D eigenvalue weighted by Crippen LogP contribution is 2.48. The first-order valence-corrected chi connectivity index (χ1v) is 13.2. The number of likely N-dealkylation sites (N-methyl/N-ethyl adjacent to an activating group) is 1. The Kier molecular flexibility index (Phi) is 9.94. The lowest BCUT2D eigenvalue weighted by Crippen LogP contribution is -2.53. The number of hydrogen-bond donors (Lipinski definition) is 3. The third-order valence-electron chi connectivity index (χ3n) is 7.96. The Morgan fingerprint density at radius 2 is 1.97 bits per heavy atom. The Morgan fingerprint density at radius 1 is 1.26 bits per heavy atom. The fourth-order valence-electron chi connectivity index (χ4n) is 5.53. The second-order valence-electron chi connectivity index (χ2n) is 10.7. The van der Waals surface area contributed by atoms with Gasteiger partial charge in [0.25, 0.3) is 0 Å². The van der Waals surface area contributed by atoms with Crippen molar-refractivity contribution in [3.63, 3.8) is 0 Å². The Labute approximate surface area is 211 Å². The molecule has 0 amide bonds. The normalized spacial score (nSPS) is 39.1. The van der Waals surface area contributed by atoms with Crippen LogP contribution in [0.15, 0.2) is 47.6 Å². The molecule has 35 heavy (non-hydrogen) atoms. The first-order chi connectivity index (χ1) is 16.6. The van der Waals surface area contributed by atoms with Gasteiger partial charge in [-0.1, -0.05) is 57.2 Å². The second kappa shape index (κ2) is 12.5. The maximum absolute atomic E-state index is 11.1. The fraction of sp³-hybridized carbons (Fsp3) is 0.690. The SMILES string of the molecule is CCC1OC(C(C)=CC(C)C=CC2C(C)C2C=CC2OC(CC(=O)O)CC(NC)C2O)CC=C1C. The molecule has 6 heteroatoms. The number of rotatable bonds is 10. The van der Waals surface area contributed by atoms with E-state index in [1.54, 1.807) is 7.05 Å². The quantitative estimate of drug-likeness (QED) is 0.389. The Bertz CT molecular complexity index is 846. The number of carboxylic acid groups (broad SMARTS) is 1. The van der Waals surface area contributed by atoms with Gasteiger partial charge in [-0.2, -0.15) is 0 Å². The van der Waals surface area contributed by atoms with Crippen LogP contribution in [0.3, 0.4) is 0 Å². The van der Waals surface area contributed by atoms with Gasteiger partial charge in [0.05, 0.1) is 30.8 Å². The lowest BCUT2D eigenvalue weighted by atomic mass is 9.93. The van der Waals surface area contributed by atoms with Gasteiger partial charge in [0.1, 0.15) is 6.10 Å². The summed E-state index contributed by atoms with van der Waals surface area (Å²) in [7, 11) is 1.79. The molecule has 0 radical (unpaired) electrons. The van der Waals surface area contributed by atoms with Gasteiger partial charge >= 0.3 is 5.97 Å². The Hall–Kier alpha value is -1.73. The van der Waals surface area contributed by atoms with E-state index in [1.807, 2.05) is 6.08 Å². The second-order valence-corrected chi connectivity index (χ2v) is 10.7. The van der Waals surface area contributed by atoms with Crippen LogP contribution in [0.2, 0.25) is 0 Å². The standard InChI is InChI=1S/C29H45NO5/c1-7-25-18(3)9-12-26(35-25)19(4)14-17(2)8-10-22-20(5)23(22)11-13-27-29(33)24(30-6)15-21(34-27)16-28(31)32/h8-11,13-14,17,20-27,29-30,33H,7,12,15-16H2,1-6H3,(H,31,32). The van der Waals surface area contributed by atoms with Gasteiger partial charge in [0.2, 0.25) is 0 Å².